The number of hydrogen-bond acceptors (Lipinski definition) is 3. The van der Waals surface area contributed by atoms with Gasteiger partial charge in [0.1, 0.15) is 0 Å². The van der Waals surface area contributed by atoms with Gasteiger partial charge >= 0.3 is 0 Å². The Morgan fingerprint density at radius 3 is 2.63 bits per heavy atom. The lowest BCUT2D eigenvalue weighted by Gasteiger charge is -2.19. The SMILES string of the molecule is CCOCCN(CC)CCC(=O)c1ccccc1Cl. The van der Waals surface area contributed by atoms with E-state index in [-0.39, 0.29) is 5.78 Å². The Morgan fingerprint density at radius 2 is 2.00 bits per heavy atom. The zero-order valence-electron chi connectivity index (χ0n) is 11.7. The van der Waals surface area contributed by atoms with Crippen molar-refractivity contribution in [1.82, 2.24) is 4.90 Å². The fourth-order valence-electron chi connectivity index (χ4n) is 1.85. The van der Waals surface area contributed by atoms with Gasteiger partial charge in [0.25, 0.3) is 0 Å². The molecule has 0 aliphatic heterocycles. The maximum atomic E-state index is 12.1. The number of benzene rings is 1. The Labute approximate surface area is 120 Å². The van der Waals surface area contributed by atoms with Gasteiger partial charge in [0.15, 0.2) is 5.78 Å². The molecule has 0 unspecified atom stereocenters. The number of nitrogens with zero attached hydrogens (tertiary/aromatic N) is 1. The number of ketones is 1. The molecule has 1 aromatic carbocycles. The summed E-state index contributed by atoms with van der Waals surface area (Å²) in [6, 6.07) is 7.20. The number of halogens is 1. The van der Waals surface area contributed by atoms with Crippen molar-refractivity contribution < 1.29 is 9.53 Å². The van der Waals surface area contributed by atoms with E-state index in [4.69, 9.17) is 16.3 Å². The van der Waals surface area contributed by atoms with Crippen LogP contribution in [0.5, 0.6) is 0 Å². The van der Waals surface area contributed by atoms with Crippen LogP contribution in [0.15, 0.2) is 24.3 Å². The van der Waals surface area contributed by atoms with Gasteiger partial charge < -0.3 is 9.64 Å². The van der Waals surface area contributed by atoms with Crippen LogP contribution in [0.1, 0.15) is 30.6 Å². The van der Waals surface area contributed by atoms with Crippen LogP contribution in [0.25, 0.3) is 0 Å². The predicted molar refractivity (Wildman–Crippen MR) is 79.0 cm³/mol. The van der Waals surface area contributed by atoms with Gasteiger partial charge in [-0.15, -0.1) is 0 Å². The fraction of sp³-hybridized carbons (Fsp3) is 0.533. The highest BCUT2D eigenvalue weighted by atomic mass is 35.5. The van der Waals surface area contributed by atoms with Gasteiger partial charge in [0.05, 0.1) is 11.6 Å². The first-order valence-electron chi connectivity index (χ1n) is 6.76. The second-order valence-corrected chi connectivity index (χ2v) is 4.69. The molecule has 19 heavy (non-hydrogen) atoms. The van der Waals surface area contributed by atoms with Crippen molar-refractivity contribution in [2.24, 2.45) is 0 Å². The Bertz CT molecular complexity index is 395. The molecule has 0 bridgehead atoms. The van der Waals surface area contributed by atoms with Gasteiger partial charge in [0, 0.05) is 31.7 Å². The number of carbonyl (C=O) groups excluding carboxylic acids is 1. The van der Waals surface area contributed by atoms with Crippen LogP contribution in [-0.4, -0.2) is 43.5 Å². The molecular weight excluding hydrogens is 262 g/mol. The van der Waals surface area contributed by atoms with E-state index in [1.807, 2.05) is 19.1 Å². The summed E-state index contributed by atoms with van der Waals surface area (Å²) < 4.78 is 5.33. The summed E-state index contributed by atoms with van der Waals surface area (Å²) in [6.07, 6.45) is 0.490. The molecule has 0 saturated carbocycles. The Hall–Kier alpha value is -0.900. The molecule has 3 nitrogen and oxygen atoms in total. The zero-order chi connectivity index (χ0) is 14.1. The third-order valence-corrected chi connectivity index (χ3v) is 3.36. The summed E-state index contributed by atoms with van der Waals surface area (Å²) >= 11 is 6.02. The molecule has 0 aromatic heterocycles. The van der Waals surface area contributed by atoms with Crippen molar-refractivity contribution in [3.8, 4) is 0 Å². The lowest BCUT2D eigenvalue weighted by molar-refractivity contribution is 0.0930. The molecule has 0 aliphatic rings. The first-order chi connectivity index (χ1) is 9.19. The summed E-state index contributed by atoms with van der Waals surface area (Å²) in [5.74, 6) is 0.0976. The molecule has 1 aromatic rings. The van der Waals surface area contributed by atoms with Crippen LogP contribution in [0.2, 0.25) is 5.02 Å². The fourth-order valence-corrected chi connectivity index (χ4v) is 2.09. The van der Waals surface area contributed by atoms with Crippen molar-refractivity contribution in [3.63, 3.8) is 0 Å². The lowest BCUT2D eigenvalue weighted by Crippen LogP contribution is -2.29. The monoisotopic (exact) mass is 283 g/mol. The second kappa shape index (κ2) is 9.08. The molecule has 0 saturated heterocycles. The minimum Gasteiger partial charge on any atom is -0.380 e. The molecular formula is C15H22ClNO2. The van der Waals surface area contributed by atoms with Crippen LogP contribution in [0.4, 0.5) is 0 Å². The van der Waals surface area contributed by atoms with Crippen molar-refractivity contribution in [2.75, 3.05) is 32.8 Å². The number of rotatable bonds is 9. The van der Waals surface area contributed by atoms with E-state index in [1.54, 1.807) is 12.1 Å². The van der Waals surface area contributed by atoms with E-state index in [0.717, 1.165) is 26.2 Å². The molecule has 0 heterocycles. The zero-order valence-corrected chi connectivity index (χ0v) is 12.4. The molecule has 0 amide bonds. The third-order valence-electron chi connectivity index (χ3n) is 3.03. The molecule has 0 N–H and O–H groups in total. The molecule has 0 radical (unpaired) electrons. The molecule has 0 aliphatic carbocycles. The van der Waals surface area contributed by atoms with Gasteiger partial charge in [-0.1, -0.05) is 30.7 Å². The highest BCUT2D eigenvalue weighted by Gasteiger charge is 2.11. The van der Waals surface area contributed by atoms with Gasteiger partial charge in [0.2, 0.25) is 0 Å². The number of hydrogen-bond donors (Lipinski definition) is 0. The summed E-state index contributed by atoms with van der Waals surface area (Å²) in [5.41, 5.74) is 0.616. The van der Waals surface area contributed by atoms with Crippen molar-refractivity contribution in [2.45, 2.75) is 20.3 Å². The maximum absolute atomic E-state index is 12.1. The summed E-state index contributed by atoms with van der Waals surface area (Å²) in [5, 5.41) is 0.532. The van der Waals surface area contributed by atoms with Crippen LogP contribution < -0.4 is 0 Å². The number of likely N-dealkylation sites (N-methyl/N-ethyl adjacent to an activating group) is 1. The summed E-state index contributed by atoms with van der Waals surface area (Å²) in [6.45, 7) is 8.04. The van der Waals surface area contributed by atoms with Gasteiger partial charge in [-0.2, -0.15) is 0 Å². The molecule has 106 valence electrons. The first kappa shape index (κ1) is 16.2. The quantitative estimate of drug-likeness (QED) is 0.515. The van der Waals surface area contributed by atoms with Crippen molar-refractivity contribution in [3.05, 3.63) is 34.9 Å². The standard InChI is InChI=1S/C15H22ClNO2/c1-3-17(11-12-19-4-2)10-9-15(18)13-7-5-6-8-14(13)16/h5-8H,3-4,9-12H2,1-2H3. The summed E-state index contributed by atoms with van der Waals surface area (Å²) in [7, 11) is 0. The number of ether oxygens (including phenoxy) is 1. The van der Waals surface area contributed by atoms with Crippen LogP contribution in [0.3, 0.4) is 0 Å². The van der Waals surface area contributed by atoms with E-state index < -0.39 is 0 Å². The minimum absolute atomic E-state index is 0.0976. The molecule has 4 heteroatoms. The van der Waals surface area contributed by atoms with Crippen LogP contribution in [-0.2, 0) is 4.74 Å². The minimum atomic E-state index is 0.0976. The van der Waals surface area contributed by atoms with Crippen LogP contribution >= 0.6 is 11.6 Å². The average Bonchev–Trinajstić information content (AvgIpc) is 2.43. The van der Waals surface area contributed by atoms with Crippen molar-refractivity contribution >= 4 is 17.4 Å². The lowest BCUT2D eigenvalue weighted by atomic mass is 10.1. The maximum Gasteiger partial charge on any atom is 0.165 e. The largest absolute Gasteiger partial charge is 0.380 e. The normalized spacial score (nSPS) is 10.9. The highest BCUT2D eigenvalue weighted by Crippen LogP contribution is 2.16. The number of carbonyl (C=O) groups is 1. The van der Waals surface area contributed by atoms with E-state index >= 15 is 0 Å². The van der Waals surface area contributed by atoms with Gasteiger partial charge in [-0.25, -0.2) is 0 Å². The van der Waals surface area contributed by atoms with E-state index in [0.29, 0.717) is 23.6 Å². The number of Topliss-reactive ketones (excluding diaryl/α,β-unsaturated/α-hetero) is 1. The van der Waals surface area contributed by atoms with Gasteiger partial charge in [-0.3, -0.25) is 4.79 Å². The van der Waals surface area contributed by atoms with E-state index in [2.05, 4.69) is 11.8 Å². The smallest absolute Gasteiger partial charge is 0.165 e. The molecule has 0 atom stereocenters. The third kappa shape index (κ3) is 5.72. The average molecular weight is 284 g/mol. The van der Waals surface area contributed by atoms with E-state index in [1.165, 1.54) is 0 Å². The Balaban J connectivity index is 2.42. The van der Waals surface area contributed by atoms with Gasteiger partial charge in [-0.05, 0) is 25.6 Å². The Morgan fingerprint density at radius 1 is 1.26 bits per heavy atom. The molecule has 0 spiro atoms. The predicted octanol–water partition coefficient (Wildman–Crippen LogP) is 3.27. The summed E-state index contributed by atoms with van der Waals surface area (Å²) in [4.78, 5) is 14.3. The topological polar surface area (TPSA) is 29.5 Å². The van der Waals surface area contributed by atoms with Crippen LogP contribution in [0, 0.1) is 0 Å². The van der Waals surface area contributed by atoms with Crippen molar-refractivity contribution in [1.29, 1.82) is 0 Å². The first-order valence-corrected chi connectivity index (χ1v) is 7.14. The van der Waals surface area contributed by atoms with E-state index in [9.17, 15) is 4.79 Å². The second-order valence-electron chi connectivity index (χ2n) is 4.28. The molecule has 1 rings (SSSR count). The molecule has 0 fully saturated rings. The Kier molecular flexibility index (Phi) is 7.72. The highest BCUT2D eigenvalue weighted by molar-refractivity contribution is 6.33.